The van der Waals surface area contributed by atoms with E-state index in [1.165, 1.54) is 64.6 Å². The first kappa shape index (κ1) is 13.4. The van der Waals surface area contributed by atoms with E-state index in [-0.39, 0.29) is 0 Å². The van der Waals surface area contributed by atoms with Crippen LogP contribution in [0, 0.1) is 5.92 Å². The maximum absolute atomic E-state index is 3.83. The number of hydrogen-bond donors (Lipinski definition) is 1. The Labute approximate surface area is 107 Å². The molecule has 0 bridgehead atoms. The van der Waals surface area contributed by atoms with E-state index in [9.17, 15) is 0 Å². The van der Waals surface area contributed by atoms with Gasteiger partial charge in [0.15, 0.2) is 0 Å². The van der Waals surface area contributed by atoms with E-state index in [1.54, 1.807) is 0 Å². The van der Waals surface area contributed by atoms with Crippen LogP contribution in [0.1, 0.15) is 58.8 Å². The van der Waals surface area contributed by atoms with Gasteiger partial charge in [0, 0.05) is 25.2 Å². The van der Waals surface area contributed by atoms with Crippen LogP contribution in [0.3, 0.4) is 0 Å². The summed E-state index contributed by atoms with van der Waals surface area (Å²) in [6.07, 6.45) is 10.00. The fourth-order valence-electron chi connectivity index (χ4n) is 3.40. The van der Waals surface area contributed by atoms with Gasteiger partial charge in [0.05, 0.1) is 0 Å². The largest absolute Gasteiger partial charge is 0.312 e. The van der Waals surface area contributed by atoms with E-state index in [1.807, 2.05) is 0 Å². The Balaban J connectivity index is 1.65. The van der Waals surface area contributed by atoms with Crippen molar-refractivity contribution < 1.29 is 0 Å². The molecule has 0 aromatic carbocycles. The molecule has 0 aromatic heterocycles. The fraction of sp³-hybridized carbons (Fsp3) is 1.00. The molecule has 2 nitrogen and oxygen atoms in total. The van der Waals surface area contributed by atoms with Crippen LogP contribution in [0.5, 0.6) is 0 Å². The van der Waals surface area contributed by atoms with Crippen molar-refractivity contribution in [3.8, 4) is 0 Å². The van der Waals surface area contributed by atoms with Gasteiger partial charge >= 0.3 is 0 Å². The lowest BCUT2D eigenvalue weighted by Crippen LogP contribution is -2.42. The molecule has 2 rings (SSSR count). The van der Waals surface area contributed by atoms with E-state index in [2.05, 4.69) is 24.1 Å². The Morgan fingerprint density at radius 1 is 1.06 bits per heavy atom. The lowest BCUT2D eigenvalue weighted by molar-refractivity contribution is 0.229. The highest BCUT2D eigenvalue weighted by Crippen LogP contribution is 2.27. The molecule has 2 aliphatic carbocycles. The second kappa shape index (κ2) is 6.75. The van der Waals surface area contributed by atoms with Crippen molar-refractivity contribution in [3.05, 3.63) is 0 Å². The number of rotatable bonds is 7. The third-order valence-corrected chi connectivity index (χ3v) is 4.71. The molecule has 0 amide bonds. The molecule has 0 aromatic rings. The molecule has 0 heterocycles. The third kappa shape index (κ3) is 3.96. The van der Waals surface area contributed by atoms with Crippen molar-refractivity contribution in [2.45, 2.75) is 70.9 Å². The number of nitrogens with one attached hydrogen (secondary N) is 1. The Morgan fingerprint density at radius 2 is 1.82 bits per heavy atom. The Morgan fingerprint density at radius 3 is 2.47 bits per heavy atom. The summed E-state index contributed by atoms with van der Waals surface area (Å²) in [5, 5.41) is 3.83. The minimum Gasteiger partial charge on any atom is -0.312 e. The summed E-state index contributed by atoms with van der Waals surface area (Å²) in [6, 6.07) is 1.74. The molecule has 0 aliphatic heterocycles. The molecule has 2 unspecified atom stereocenters. The molecule has 2 saturated carbocycles. The standard InChI is InChI=1S/C15H30N2/c1-3-13-7-5-6-8-15(13)16-11-12-17(4-2)14-9-10-14/h13-16H,3-12H2,1-2H3. The minimum absolute atomic E-state index is 0.812. The van der Waals surface area contributed by atoms with Gasteiger partial charge in [-0.25, -0.2) is 0 Å². The summed E-state index contributed by atoms with van der Waals surface area (Å²) in [7, 11) is 0. The molecule has 1 N–H and O–H groups in total. The molecule has 2 atom stereocenters. The zero-order valence-corrected chi connectivity index (χ0v) is 11.8. The third-order valence-electron chi connectivity index (χ3n) is 4.71. The Bertz CT molecular complexity index is 213. The monoisotopic (exact) mass is 238 g/mol. The van der Waals surface area contributed by atoms with Crippen LogP contribution in [0.25, 0.3) is 0 Å². The molecule has 2 aliphatic rings. The van der Waals surface area contributed by atoms with Crippen LogP contribution in [-0.2, 0) is 0 Å². The van der Waals surface area contributed by atoms with Gasteiger partial charge in [-0.1, -0.05) is 33.1 Å². The molecule has 0 radical (unpaired) electrons. The number of hydrogen-bond acceptors (Lipinski definition) is 2. The topological polar surface area (TPSA) is 15.3 Å². The smallest absolute Gasteiger partial charge is 0.0110 e. The molecular formula is C15H30N2. The average Bonchev–Trinajstić information content (AvgIpc) is 3.19. The predicted octanol–water partition coefficient (Wildman–Crippen LogP) is 3.03. The van der Waals surface area contributed by atoms with Crippen molar-refractivity contribution in [2.75, 3.05) is 19.6 Å². The normalized spacial score (nSPS) is 29.8. The summed E-state index contributed by atoms with van der Waals surface area (Å²) in [4.78, 5) is 2.65. The van der Waals surface area contributed by atoms with E-state index >= 15 is 0 Å². The summed E-state index contributed by atoms with van der Waals surface area (Å²) in [5.41, 5.74) is 0. The van der Waals surface area contributed by atoms with Gasteiger partial charge in [-0.2, -0.15) is 0 Å². The highest BCUT2D eigenvalue weighted by molar-refractivity contribution is 4.85. The first-order valence-corrected chi connectivity index (χ1v) is 7.82. The van der Waals surface area contributed by atoms with Crippen molar-refractivity contribution in [3.63, 3.8) is 0 Å². The van der Waals surface area contributed by atoms with Gasteiger partial charge < -0.3 is 5.32 Å². The van der Waals surface area contributed by atoms with Crippen molar-refractivity contribution >= 4 is 0 Å². The number of likely N-dealkylation sites (N-methyl/N-ethyl adjacent to an activating group) is 1. The van der Waals surface area contributed by atoms with E-state index in [0.29, 0.717) is 0 Å². The summed E-state index contributed by atoms with van der Waals surface area (Å²) >= 11 is 0. The van der Waals surface area contributed by atoms with Crippen LogP contribution >= 0.6 is 0 Å². The van der Waals surface area contributed by atoms with Gasteiger partial charge in [-0.15, -0.1) is 0 Å². The van der Waals surface area contributed by atoms with Gasteiger partial charge in [0.25, 0.3) is 0 Å². The molecule has 2 heteroatoms. The van der Waals surface area contributed by atoms with Crippen LogP contribution < -0.4 is 5.32 Å². The summed E-state index contributed by atoms with van der Waals surface area (Å²) in [6.45, 7) is 8.34. The zero-order valence-electron chi connectivity index (χ0n) is 11.8. The highest BCUT2D eigenvalue weighted by Gasteiger charge is 2.28. The maximum Gasteiger partial charge on any atom is 0.0110 e. The van der Waals surface area contributed by atoms with Gasteiger partial charge in [0.1, 0.15) is 0 Å². The summed E-state index contributed by atoms with van der Waals surface area (Å²) in [5.74, 6) is 0.944. The summed E-state index contributed by atoms with van der Waals surface area (Å²) < 4.78 is 0. The Hall–Kier alpha value is -0.0800. The lowest BCUT2D eigenvalue weighted by Gasteiger charge is -2.32. The van der Waals surface area contributed by atoms with Gasteiger partial charge in [-0.05, 0) is 38.1 Å². The van der Waals surface area contributed by atoms with Crippen LogP contribution in [-0.4, -0.2) is 36.6 Å². The molecule has 0 spiro atoms. The number of nitrogens with zero attached hydrogens (tertiary/aromatic N) is 1. The van der Waals surface area contributed by atoms with Crippen LogP contribution in [0.15, 0.2) is 0 Å². The SMILES string of the molecule is CCC1CCCCC1NCCN(CC)C1CC1. The Kier molecular flexibility index (Phi) is 5.30. The van der Waals surface area contributed by atoms with E-state index in [4.69, 9.17) is 0 Å². The molecule has 100 valence electrons. The maximum atomic E-state index is 3.83. The van der Waals surface area contributed by atoms with Gasteiger partial charge in [0.2, 0.25) is 0 Å². The predicted molar refractivity (Wildman–Crippen MR) is 74.3 cm³/mol. The second-order valence-corrected chi connectivity index (χ2v) is 5.87. The van der Waals surface area contributed by atoms with Crippen molar-refractivity contribution in [1.82, 2.24) is 10.2 Å². The quantitative estimate of drug-likeness (QED) is 0.733. The first-order chi connectivity index (χ1) is 8.35. The highest BCUT2D eigenvalue weighted by atomic mass is 15.2. The van der Waals surface area contributed by atoms with E-state index < -0.39 is 0 Å². The second-order valence-electron chi connectivity index (χ2n) is 5.87. The van der Waals surface area contributed by atoms with E-state index in [0.717, 1.165) is 18.0 Å². The lowest BCUT2D eigenvalue weighted by atomic mass is 9.83. The minimum atomic E-state index is 0.812. The van der Waals surface area contributed by atoms with Crippen LogP contribution in [0.2, 0.25) is 0 Å². The fourth-order valence-corrected chi connectivity index (χ4v) is 3.40. The average molecular weight is 238 g/mol. The first-order valence-electron chi connectivity index (χ1n) is 7.82. The molecular weight excluding hydrogens is 208 g/mol. The van der Waals surface area contributed by atoms with Crippen molar-refractivity contribution in [1.29, 1.82) is 0 Å². The molecule has 17 heavy (non-hydrogen) atoms. The van der Waals surface area contributed by atoms with Crippen LogP contribution in [0.4, 0.5) is 0 Å². The molecule has 2 fully saturated rings. The van der Waals surface area contributed by atoms with Gasteiger partial charge in [-0.3, -0.25) is 4.90 Å². The molecule has 0 saturated heterocycles. The zero-order chi connectivity index (χ0) is 12.1. The van der Waals surface area contributed by atoms with Crippen molar-refractivity contribution in [2.24, 2.45) is 5.92 Å².